The Hall–Kier alpha value is -2.21. The predicted octanol–water partition coefficient (Wildman–Crippen LogP) is 3.43. The molecule has 0 saturated carbocycles. The summed E-state index contributed by atoms with van der Waals surface area (Å²) in [6.45, 7) is 7.95. The van der Waals surface area contributed by atoms with Gasteiger partial charge in [0.1, 0.15) is 23.1 Å². The largest absolute Gasteiger partial charge is 0.497 e. The van der Waals surface area contributed by atoms with Crippen molar-refractivity contribution in [1.29, 1.82) is 0 Å². The maximum atomic E-state index is 5.18. The molecule has 8 nitrogen and oxygen atoms in total. The number of nitrogens with zero attached hydrogens (tertiary/aromatic N) is 4. The highest BCUT2D eigenvalue weighted by Crippen LogP contribution is 2.19. The Morgan fingerprint density at radius 3 is 2.55 bits per heavy atom. The van der Waals surface area contributed by atoms with Crippen molar-refractivity contribution in [2.45, 2.75) is 33.9 Å². The third-order valence-corrected chi connectivity index (χ3v) is 5.16. The first-order valence-corrected chi connectivity index (χ1v) is 9.91. The van der Waals surface area contributed by atoms with Gasteiger partial charge in [0.15, 0.2) is 11.8 Å². The first kappa shape index (κ1) is 23.1. The van der Waals surface area contributed by atoms with Crippen LogP contribution in [0.15, 0.2) is 29.3 Å². The van der Waals surface area contributed by atoms with E-state index in [0.717, 1.165) is 34.5 Å². The van der Waals surface area contributed by atoms with E-state index in [4.69, 9.17) is 4.74 Å². The standard InChI is InChI=1S/C19H25N7OS.HI/c1-5-20-19(22-11-17-23-12(2)13(3)28-17)21-10-16-24-18(26-25-16)14-6-8-15(27-4)9-7-14;/h6-9H,5,10-11H2,1-4H3,(H2,20,21,22)(H,24,25,26);1H. The third-order valence-electron chi connectivity index (χ3n) is 4.09. The van der Waals surface area contributed by atoms with Gasteiger partial charge < -0.3 is 15.4 Å². The van der Waals surface area contributed by atoms with Gasteiger partial charge in [-0.25, -0.2) is 15.0 Å². The van der Waals surface area contributed by atoms with Crippen LogP contribution in [0.1, 0.15) is 28.3 Å². The molecule has 0 radical (unpaired) electrons. The molecule has 3 N–H and O–H groups in total. The number of benzene rings is 1. The van der Waals surface area contributed by atoms with Crippen LogP contribution in [-0.2, 0) is 13.1 Å². The highest BCUT2D eigenvalue weighted by Gasteiger charge is 2.08. The van der Waals surface area contributed by atoms with Gasteiger partial charge in [-0.2, -0.15) is 5.10 Å². The van der Waals surface area contributed by atoms with Crippen LogP contribution in [0.2, 0.25) is 0 Å². The Kier molecular flexibility index (Phi) is 8.83. The molecule has 3 rings (SSSR count). The van der Waals surface area contributed by atoms with Gasteiger partial charge in [0.2, 0.25) is 0 Å². The van der Waals surface area contributed by atoms with Gasteiger partial charge in [-0.1, -0.05) is 0 Å². The second kappa shape index (κ2) is 11.1. The quantitative estimate of drug-likeness (QED) is 0.248. The molecule has 0 unspecified atom stereocenters. The van der Waals surface area contributed by atoms with Crippen LogP contribution >= 0.6 is 35.3 Å². The third kappa shape index (κ3) is 6.39. The van der Waals surface area contributed by atoms with Crippen molar-refractivity contribution in [3.63, 3.8) is 0 Å². The molecule has 156 valence electrons. The Labute approximate surface area is 191 Å². The molecule has 0 saturated heterocycles. The fourth-order valence-electron chi connectivity index (χ4n) is 2.51. The SMILES string of the molecule is CCNC(=NCc1nc(-c2ccc(OC)cc2)n[nH]1)NCc1nc(C)c(C)s1.I. The number of hydrogen-bond acceptors (Lipinski definition) is 6. The summed E-state index contributed by atoms with van der Waals surface area (Å²) < 4.78 is 5.18. The molecule has 10 heteroatoms. The highest BCUT2D eigenvalue weighted by molar-refractivity contribution is 14.0. The zero-order valence-corrected chi connectivity index (χ0v) is 20.1. The molecule has 2 heterocycles. The molecule has 3 aromatic rings. The average Bonchev–Trinajstić information content (AvgIpc) is 3.31. The summed E-state index contributed by atoms with van der Waals surface area (Å²) in [5.41, 5.74) is 2.00. The van der Waals surface area contributed by atoms with E-state index in [2.05, 4.69) is 42.7 Å². The van der Waals surface area contributed by atoms with E-state index >= 15 is 0 Å². The van der Waals surface area contributed by atoms with Gasteiger partial charge in [-0.3, -0.25) is 5.10 Å². The molecule has 0 spiro atoms. The van der Waals surface area contributed by atoms with Crippen LogP contribution in [0.4, 0.5) is 0 Å². The van der Waals surface area contributed by atoms with Crippen LogP contribution in [-0.4, -0.2) is 39.8 Å². The fourth-order valence-corrected chi connectivity index (χ4v) is 3.38. The normalized spacial score (nSPS) is 11.1. The number of H-pyrrole nitrogens is 1. The topological polar surface area (TPSA) is 100 Å². The van der Waals surface area contributed by atoms with Gasteiger partial charge in [0, 0.05) is 17.0 Å². The number of nitrogens with one attached hydrogen (secondary N) is 3. The number of guanidine groups is 1. The zero-order valence-electron chi connectivity index (χ0n) is 16.9. The van der Waals surface area contributed by atoms with Crippen LogP contribution in [0, 0.1) is 13.8 Å². The maximum absolute atomic E-state index is 5.18. The molecule has 0 fully saturated rings. The number of thiazole rings is 1. The summed E-state index contributed by atoms with van der Waals surface area (Å²) in [4.78, 5) is 14.9. The number of hydrogen-bond donors (Lipinski definition) is 3. The van der Waals surface area contributed by atoms with Crippen LogP contribution in [0.5, 0.6) is 5.75 Å². The Morgan fingerprint density at radius 1 is 1.17 bits per heavy atom. The minimum absolute atomic E-state index is 0. The van der Waals surface area contributed by atoms with E-state index < -0.39 is 0 Å². The monoisotopic (exact) mass is 527 g/mol. The van der Waals surface area contributed by atoms with Crippen molar-refractivity contribution in [1.82, 2.24) is 30.8 Å². The number of halogens is 1. The van der Waals surface area contributed by atoms with Gasteiger partial charge in [-0.05, 0) is 45.0 Å². The van der Waals surface area contributed by atoms with Crippen LogP contribution in [0.3, 0.4) is 0 Å². The summed E-state index contributed by atoms with van der Waals surface area (Å²) in [6.07, 6.45) is 0. The lowest BCUT2D eigenvalue weighted by Gasteiger charge is -2.09. The molecule has 0 aliphatic heterocycles. The number of aliphatic imine (C=N–C) groups is 1. The molecule has 0 aliphatic carbocycles. The van der Waals surface area contributed by atoms with E-state index in [-0.39, 0.29) is 24.0 Å². The summed E-state index contributed by atoms with van der Waals surface area (Å²) >= 11 is 1.70. The van der Waals surface area contributed by atoms with Crippen molar-refractivity contribution < 1.29 is 4.74 Å². The summed E-state index contributed by atoms with van der Waals surface area (Å²) in [5, 5.41) is 14.8. The molecule has 0 amide bonds. The molecule has 2 aromatic heterocycles. The first-order valence-electron chi connectivity index (χ1n) is 9.09. The summed E-state index contributed by atoms with van der Waals surface area (Å²) in [7, 11) is 1.64. The Morgan fingerprint density at radius 2 is 1.93 bits per heavy atom. The van der Waals surface area contributed by atoms with Crippen molar-refractivity contribution >= 4 is 41.3 Å². The summed E-state index contributed by atoms with van der Waals surface area (Å²) in [5.74, 6) is 2.86. The molecule has 0 aliphatic rings. The number of methoxy groups -OCH3 is 1. The molecule has 0 bridgehead atoms. The van der Waals surface area contributed by atoms with Gasteiger partial charge in [0.05, 0.1) is 19.3 Å². The van der Waals surface area contributed by atoms with Crippen LogP contribution < -0.4 is 15.4 Å². The van der Waals surface area contributed by atoms with Gasteiger partial charge in [-0.15, -0.1) is 35.3 Å². The average molecular weight is 527 g/mol. The van der Waals surface area contributed by atoms with Gasteiger partial charge in [0.25, 0.3) is 0 Å². The molecule has 29 heavy (non-hydrogen) atoms. The summed E-state index contributed by atoms with van der Waals surface area (Å²) in [6, 6.07) is 7.63. The van der Waals surface area contributed by atoms with Crippen molar-refractivity contribution in [3.05, 3.63) is 45.7 Å². The predicted molar refractivity (Wildman–Crippen MR) is 127 cm³/mol. The molecule has 0 atom stereocenters. The lowest BCUT2D eigenvalue weighted by atomic mass is 10.2. The maximum Gasteiger partial charge on any atom is 0.192 e. The van der Waals surface area contributed by atoms with E-state index in [9.17, 15) is 0 Å². The van der Waals surface area contributed by atoms with E-state index in [1.165, 1.54) is 4.88 Å². The second-order valence-corrected chi connectivity index (χ2v) is 7.42. The smallest absolute Gasteiger partial charge is 0.192 e. The van der Waals surface area contributed by atoms with Crippen molar-refractivity contribution in [2.24, 2.45) is 4.99 Å². The van der Waals surface area contributed by atoms with E-state index in [1.54, 1.807) is 18.4 Å². The fraction of sp³-hybridized carbons (Fsp3) is 0.368. The lowest BCUT2D eigenvalue weighted by molar-refractivity contribution is 0.415. The number of rotatable bonds is 7. The van der Waals surface area contributed by atoms with Gasteiger partial charge >= 0.3 is 0 Å². The number of aryl methyl sites for hydroxylation is 2. The second-order valence-electron chi connectivity index (χ2n) is 6.13. The van der Waals surface area contributed by atoms with E-state index in [1.807, 2.05) is 38.1 Å². The highest BCUT2D eigenvalue weighted by atomic mass is 127. The lowest BCUT2D eigenvalue weighted by Crippen LogP contribution is -2.36. The Bertz CT molecular complexity index is 917. The molecular weight excluding hydrogens is 501 g/mol. The van der Waals surface area contributed by atoms with Crippen LogP contribution in [0.25, 0.3) is 11.4 Å². The molecule has 1 aromatic carbocycles. The van der Waals surface area contributed by atoms with Crippen molar-refractivity contribution in [3.8, 4) is 17.1 Å². The zero-order chi connectivity index (χ0) is 19.9. The van der Waals surface area contributed by atoms with Crippen molar-refractivity contribution in [2.75, 3.05) is 13.7 Å². The Balaban J connectivity index is 0.00000300. The number of aromatic nitrogens is 4. The number of ether oxygens (including phenoxy) is 1. The van der Waals surface area contributed by atoms with E-state index in [0.29, 0.717) is 24.7 Å². The first-order chi connectivity index (χ1) is 13.6. The minimum Gasteiger partial charge on any atom is -0.497 e. The molecular formula is C19H26IN7OS. The minimum atomic E-state index is 0. The number of aromatic amines is 1.